The Hall–Kier alpha value is -1.71. The van der Waals surface area contributed by atoms with Gasteiger partial charge < -0.3 is 10.1 Å². The molecule has 112 valence electrons. The van der Waals surface area contributed by atoms with E-state index in [0.29, 0.717) is 0 Å². The van der Waals surface area contributed by atoms with Crippen LogP contribution in [-0.2, 0) is 4.74 Å². The van der Waals surface area contributed by atoms with Crippen molar-refractivity contribution < 1.29 is 9.13 Å². The minimum absolute atomic E-state index is 0.0111. The third-order valence-electron chi connectivity index (χ3n) is 3.68. The van der Waals surface area contributed by atoms with E-state index < -0.39 is 0 Å². The van der Waals surface area contributed by atoms with Gasteiger partial charge in [0.15, 0.2) is 0 Å². The molecule has 2 aromatic rings. The molecule has 2 rings (SSSR count). The first-order chi connectivity index (χ1) is 10.2. The number of aryl methyl sites for hydroxylation is 1. The lowest BCUT2D eigenvalue weighted by Crippen LogP contribution is -2.28. The van der Waals surface area contributed by atoms with Crippen molar-refractivity contribution >= 4 is 0 Å². The number of halogens is 1. The molecule has 1 N–H and O–H groups in total. The highest BCUT2D eigenvalue weighted by atomic mass is 19.1. The van der Waals surface area contributed by atoms with Crippen molar-refractivity contribution in [2.75, 3.05) is 13.7 Å². The van der Waals surface area contributed by atoms with Gasteiger partial charge in [-0.2, -0.15) is 0 Å². The maximum atomic E-state index is 13.4. The molecule has 0 saturated carbocycles. The molecule has 0 saturated heterocycles. The minimum Gasteiger partial charge on any atom is -0.375 e. The molecule has 0 spiro atoms. The van der Waals surface area contributed by atoms with E-state index in [-0.39, 0.29) is 18.0 Å². The summed E-state index contributed by atoms with van der Waals surface area (Å²) in [6.45, 7) is 4.80. The summed E-state index contributed by atoms with van der Waals surface area (Å²) in [5.74, 6) is -0.208. The first-order valence-electron chi connectivity index (χ1n) is 7.24. The fraction of sp³-hybridized carbons (Fsp3) is 0.333. The predicted molar refractivity (Wildman–Crippen MR) is 83.7 cm³/mol. The van der Waals surface area contributed by atoms with Crippen molar-refractivity contribution in [1.82, 2.24) is 5.32 Å². The van der Waals surface area contributed by atoms with E-state index >= 15 is 0 Å². The predicted octanol–water partition coefficient (Wildman–Crippen LogP) is 4.17. The largest absolute Gasteiger partial charge is 0.375 e. The molecule has 0 aliphatic carbocycles. The van der Waals surface area contributed by atoms with Crippen LogP contribution in [0.2, 0.25) is 0 Å². The molecule has 0 radical (unpaired) electrons. The summed E-state index contributed by atoms with van der Waals surface area (Å²) in [5.41, 5.74) is 3.10. The van der Waals surface area contributed by atoms with Gasteiger partial charge in [-0.3, -0.25) is 0 Å². The van der Waals surface area contributed by atoms with Gasteiger partial charge in [-0.15, -0.1) is 0 Å². The normalized spacial score (nSPS) is 13.9. The number of methoxy groups -OCH3 is 1. The van der Waals surface area contributed by atoms with E-state index in [2.05, 4.69) is 24.4 Å². The molecule has 0 aliphatic heterocycles. The van der Waals surface area contributed by atoms with Gasteiger partial charge in [-0.1, -0.05) is 43.3 Å². The highest BCUT2D eigenvalue weighted by molar-refractivity contribution is 5.33. The molecular weight excluding hydrogens is 265 g/mol. The van der Waals surface area contributed by atoms with Crippen LogP contribution in [0.25, 0.3) is 0 Å². The van der Waals surface area contributed by atoms with Crippen LogP contribution in [0.1, 0.15) is 35.8 Å². The van der Waals surface area contributed by atoms with E-state index in [1.54, 1.807) is 13.2 Å². The maximum absolute atomic E-state index is 13.4. The zero-order valence-corrected chi connectivity index (χ0v) is 12.8. The van der Waals surface area contributed by atoms with Gasteiger partial charge in [-0.25, -0.2) is 4.39 Å². The quantitative estimate of drug-likeness (QED) is 0.861. The Kier molecular flexibility index (Phi) is 5.48. The summed E-state index contributed by atoms with van der Waals surface area (Å²) >= 11 is 0. The number of rotatable bonds is 6. The van der Waals surface area contributed by atoms with Crippen molar-refractivity contribution in [2.24, 2.45) is 0 Å². The lowest BCUT2D eigenvalue weighted by molar-refractivity contribution is 0.0679. The number of ether oxygens (including phenoxy) is 1. The molecule has 0 fully saturated rings. The number of hydrogen-bond donors (Lipinski definition) is 1. The van der Waals surface area contributed by atoms with Crippen LogP contribution in [0, 0.1) is 12.7 Å². The van der Waals surface area contributed by atoms with Crippen molar-refractivity contribution in [3.8, 4) is 0 Å². The molecule has 2 nitrogen and oxygen atoms in total. The zero-order valence-electron chi connectivity index (χ0n) is 12.8. The van der Waals surface area contributed by atoms with Crippen molar-refractivity contribution in [3.63, 3.8) is 0 Å². The first kappa shape index (κ1) is 15.7. The second-order valence-electron chi connectivity index (χ2n) is 5.10. The summed E-state index contributed by atoms with van der Waals surface area (Å²) in [5, 5.41) is 3.46. The number of benzene rings is 2. The number of likely N-dealkylation sites (N-methyl/N-ethyl adjacent to an activating group) is 1. The molecule has 0 bridgehead atoms. The second-order valence-corrected chi connectivity index (χ2v) is 5.10. The smallest absolute Gasteiger partial charge is 0.123 e. The van der Waals surface area contributed by atoms with Crippen LogP contribution in [0.4, 0.5) is 4.39 Å². The summed E-state index contributed by atoms with van der Waals surface area (Å²) < 4.78 is 19.1. The third-order valence-corrected chi connectivity index (χ3v) is 3.68. The van der Waals surface area contributed by atoms with E-state index in [1.807, 2.05) is 31.2 Å². The van der Waals surface area contributed by atoms with Crippen LogP contribution in [0.15, 0.2) is 48.5 Å². The average Bonchev–Trinajstić information content (AvgIpc) is 2.48. The van der Waals surface area contributed by atoms with Crippen LogP contribution in [-0.4, -0.2) is 13.7 Å². The lowest BCUT2D eigenvalue weighted by atomic mass is 9.92. The van der Waals surface area contributed by atoms with Crippen LogP contribution in [0.3, 0.4) is 0 Å². The van der Waals surface area contributed by atoms with Crippen molar-refractivity contribution in [3.05, 3.63) is 71.0 Å². The Morgan fingerprint density at radius 1 is 1.14 bits per heavy atom. The van der Waals surface area contributed by atoms with Gasteiger partial charge in [0.05, 0.1) is 6.04 Å². The highest BCUT2D eigenvalue weighted by Crippen LogP contribution is 2.33. The minimum atomic E-state index is -0.208. The molecule has 0 aromatic heterocycles. The van der Waals surface area contributed by atoms with Crippen LogP contribution >= 0.6 is 0 Å². The van der Waals surface area contributed by atoms with Gasteiger partial charge in [0.1, 0.15) is 11.9 Å². The Balaban J connectivity index is 2.41. The fourth-order valence-electron chi connectivity index (χ4n) is 2.70. The van der Waals surface area contributed by atoms with Gasteiger partial charge in [0, 0.05) is 7.11 Å². The molecule has 2 aromatic carbocycles. The summed E-state index contributed by atoms with van der Waals surface area (Å²) in [7, 11) is 1.71. The monoisotopic (exact) mass is 287 g/mol. The van der Waals surface area contributed by atoms with Crippen LogP contribution < -0.4 is 5.32 Å². The molecule has 21 heavy (non-hydrogen) atoms. The second kappa shape index (κ2) is 7.34. The van der Waals surface area contributed by atoms with Crippen molar-refractivity contribution in [1.29, 1.82) is 0 Å². The molecule has 2 unspecified atom stereocenters. The highest BCUT2D eigenvalue weighted by Gasteiger charge is 2.25. The van der Waals surface area contributed by atoms with E-state index in [9.17, 15) is 4.39 Å². The lowest BCUT2D eigenvalue weighted by Gasteiger charge is -2.29. The number of hydrogen-bond acceptors (Lipinski definition) is 2. The standard InChI is InChI=1S/C18H22FNO/c1-4-20-17(16-11-10-15(19)12-13(16)2)18(21-3)14-8-6-5-7-9-14/h5-12,17-18,20H,4H2,1-3H3. The molecule has 0 aliphatic rings. The fourth-order valence-corrected chi connectivity index (χ4v) is 2.70. The Bertz CT molecular complexity index is 571. The maximum Gasteiger partial charge on any atom is 0.123 e. The summed E-state index contributed by atoms with van der Waals surface area (Å²) in [4.78, 5) is 0. The molecule has 3 heteroatoms. The van der Waals surface area contributed by atoms with Gasteiger partial charge in [-0.05, 0) is 42.3 Å². The third kappa shape index (κ3) is 3.69. The van der Waals surface area contributed by atoms with Gasteiger partial charge >= 0.3 is 0 Å². The van der Waals surface area contributed by atoms with Gasteiger partial charge in [0.25, 0.3) is 0 Å². The SMILES string of the molecule is CCNC(c1ccc(F)cc1C)C(OC)c1ccccc1. The molecular formula is C18H22FNO. The van der Waals surface area contributed by atoms with E-state index in [4.69, 9.17) is 4.74 Å². The molecule has 0 amide bonds. The Morgan fingerprint density at radius 3 is 2.43 bits per heavy atom. The summed E-state index contributed by atoms with van der Waals surface area (Å²) in [6.07, 6.45) is -0.115. The van der Waals surface area contributed by atoms with E-state index in [1.165, 1.54) is 6.07 Å². The van der Waals surface area contributed by atoms with Crippen LogP contribution in [0.5, 0.6) is 0 Å². The number of nitrogens with one attached hydrogen (secondary N) is 1. The first-order valence-corrected chi connectivity index (χ1v) is 7.24. The topological polar surface area (TPSA) is 21.3 Å². The van der Waals surface area contributed by atoms with E-state index in [0.717, 1.165) is 23.2 Å². The average molecular weight is 287 g/mol. The Morgan fingerprint density at radius 2 is 1.86 bits per heavy atom. The molecule has 2 atom stereocenters. The summed E-state index contributed by atoms with van der Waals surface area (Å²) in [6, 6.07) is 15.0. The molecule has 0 heterocycles. The Labute approximate surface area is 126 Å². The van der Waals surface area contributed by atoms with Gasteiger partial charge in [0.2, 0.25) is 0 Å². The zero-order chi connectivity index (χ0) is 15.2. The van der Waals surface area contributed by atoms with Crippen molar-refractivity contribution in [2.45, 2.75) is 26.0 Å².